The lowest BCUT2D eigenvalue weighted by Crippen LogP contribution is -2.32. The van der Waals surface area contributed by atoms with Crippen molar-refractivity contribution in [3.63, 3.8) is 0 Å². The number of aromatic nitrogens is 2. The molecule has 27 heavy (non-hydrogen) atoms. The van der Waals surface area contributed by atoms with Crippen molar-refractivity contribution in [2.24, 2.45) is 5.92 Å². The smallest absolute Gasteiger partial charge is 0.423 e. The third-order valence-corrected chi connectivity index (χ3v) is 5.29. The number of nitrogens with one attached hydrogen (secondary N) is 2. The Hall–Kier alpha value is -2.63. The van der Waals surface area contributed by atoms with Crippen LogP contribution in [0, 0.1) is 24.2 Å². The summed E-state index contributed by atoms with van der Waals surface area (Å²) in [6.45, 7) is 2.36. The molecule has 1 aliphatic heterocycles. The molecule has 138 valence electrons. The van der Waals surface area contributed by atoms with Gasteiger partial charge in [-0.3, -0.25) is 0 Å². The molecule has 1 unspecified atom stereocenters. The van der Waals surface area contributed by atoms with Crippen LogP contribution in [0.25, 0.3) is 0 Å². The van der Waals surface area contributed by atoms with Crippen LogP contribution >= 0.6 is 0 Å². The Balaban J connectivity index is 1.51. The van der Waals surface area contributed by atoms with Crippen LogP contribution in [0.1, 0.15) is 36.8 Å². The molecular formula is C19H22BN5O2. The van der Waals surface area contributed by atoms with Crippen molar-refractivity contribution < 1.29 is 9.68 Å². The van der Waals surface area contributed by atoms with Crippen molar-refractivity contribution in [1.29, 1.82) is 5.26 Å². The molecule has 7 nitrogen and oxygen atoms in total. The number of hydrogen-bond donors (Lipinski definition) is 3. The van der Waals surface area contributed by atoms with Gasteiger partial charge in [0.05, 0.1) is 18.6 Å². The van der Waals surface area contributed by atoms with E-state index in [1.165, 1.54) is 0 Å². The minimum atomic E-state index is -0.843. The maximum Gasteiger partial charge on any atom is 0.491 e. The van der Waals surface area contributed by atoms with Gasteiger partial charge in [0.1, 0.15) is 5.82 Å². The predicted molar refractivity (Wildman–Crippen MR) is 104 cm³/mol. The van der Waals surface area contributed by atoms with Crippen LogP contribution in [-0.2, 0) is 11.3 Å². The second-order valence-corrected chi connectivity index (χ2v) is 7.20. The molecule has 1 aliphatic carbocycles. The Morgan fingerprint density at radius 1 is 1.33 bits per heavy atom. The summed E-state index contributed by atoms with van der Waals surface area (Å²) in [5.41, 5.74) is 3.55. The number of nitriles is 1. The highest BCUT2D eigenvalue weighted by molar-refractivity contribution is 6.61. The molecule has 0 spiro atoms. The first-order valence-electron chi connectivity index (χ1n) is 9.33. The molecule has 0 radical (unpaired) electrons. The summed E-state index contributed by atoms with van der Waals surface area (Å²) in [7, 11) is -0.843. The van der Waals surface area contributed by atoms with Crippen LogP contribution in [0.15, 0.2) is 24.4 Å². The van der Waals surface area contributed by atoms with E-state index in [0.29, 0.717) is 12.6 Å². The molecule has 1 aromatic carbocycles. The monoisotopic (exact) mass is 363 g/mol. The Kier molecular flexibility index (Phi) is 4.97. The second kappa shape index (κ2) is 7.55. The molecule has 1 saturated carbocycles. The van der Waals surface area contributed by atoms with Crippen molar-refractivity contribution in [2.75, 3.05) is 10.6 Å². The molecule has 2 heterocycles. The Labute approximate surface area is 158 Å². The molecule has 4 rings (SSSR count). The molecule has 0 saturated heterocycles. The fourth-order valence-electron chi connectivity index (χ4n) is 3.72. The number of nitrogens with zero attached hydrogens (tertiary/aromatic N) is 3. The molecule has 2 aliphatic rings. The molecule has 8 heteroatoms. The van der Waals surface area contributed by atoms with Gasteiger partial charge >= 0.3 is 7.12 Å². The summed E-state index contributed by atoms with van der Waals surface area (Å²) in [5, 5.41) is 25.8. The minimum absolute atomic E-state index is 0.0210. The van der Waals surface area contributed by atoms with Crippen LogP contribution < -0.4 is 16.1 Å². The number of benzene rings is 1. The average Bonchev–Trinajstić information content (AvgIpc) is 3.05. The maximum atomic E-state index is 9.73. The van der Waals surface area contributed by atoms with Gasteiger partial charge < -0.3 is 20.3 Å². The van der Waals surface area contributed by atoms with Gasteiger partial charge in [0, 0.05) is 23.5 Å². The normalized spacial score (nSPS) is 21.4. The van der Waals surface area contributed by atoms with Gasteiger partial charge in [0.15, 0.2) is 0 Å². The van der Waals surface area contributed by atoms with Crippen molar-refractivity contribution >= 4 is 30.0 Å². The van der Waals surface area contributed by atoms with Crippen LogP contribution in [-0.4, -0.2) is 28.2 Å². The van der Waals surface area contributed by atoms with Gasteiger partial charge in [-0.25, -0.2) is 4.98 Å². The zero-order valence-corrected chi connectivity index (χ0v) is 15.3. The van der Waals surface area contributed by atoms with Crippen molar-refractivity contribution in [2.45, 2.75) is 45.3 Å². The lowest BCUT2D eigenvalue weighted by molar-refractivity contribution is 0.275. The third-order valence-electron chi connectivity index (χ3n) is 5.29. The van der Waals surface area contributed by atoms with Crippen molar-refractivity contribution in [3.8, 4) is 6.07 Å². The molecule has 2 aromatic rings. The number of anilines is 3. The highest BCUT2D eigenvalue weighted by Gasteiger charge is 2.27. The van der Waals surface area contributed by atoms with E-state index in [4.69, 9.17) is 4.65 Å². The van der Waals surface area contributed by atoms with Gasteiger partial charge in [-0.1, -0.05) is 18.9 Å². The van der Waals surface area contributed by atoms with Crippen LogP contribution in [0.5, 0.6) is 0 Å². The summed E-state index contributed by atoms with van der Waals surface area (Å²) >= 11 is 0. The largest absolute Gasteiger partial charge is 0.491 e. The van der Waals surface area contributed by atoms with E-state index < -0.39 is 7.12 Å². The molecule has 1 fully saturated rings. The van der Waals surface area contributed by atoms with Crippen molar-refractivity contribution in [3.05, 3.63) is 35.5 Å². The summed E-state index contributed by atoms with van der Waals surface area (Å²) in [6, 6.07) is 8.21. The van der Waals surface area contributed by atoms with E-state index >= 15 is 0 Å². The van der Waals surface area contributed by atoms with Gasteiger partial charge in [-0.2, -0.15) is 10.2 Å². The SMILES string of the molecule is Cc1cnc(Nc2ccc3c(c2)COB3O)nc1N[C@H]1CCCCC1C#N. The molecular weight excluding hydrogens is 341 g/mol. The standard InChI is InChI=1S/C19H22BN5O2/c1-12-10-22-19(23-15-6-7-16-14(8-15)11-27-20(16)26)25-18(12)24-17-5-3-2-4-13(17)9-21/h6-8,10,13,17,26H,2-5,11H2,1H3,(H2,22,23,24,25)/t13?,17-/m0/s1. The minimum Gasteiger partial charge on any atom is -0.423 e. The lowest BCUT2D eigenvalue weighted by Gasteiger charge is -2.28. The summed E-state index contributed by atoms with van der Waals surface area (Å²) < 4.78 is 5.23. The van der Waals surface area contributed by atoms with Gasteiger partial charge in [-0.05, 0) is 42.9 Å². The van der Waals surface area contributed by atoms with E-state index in [-0.39, 0.29) is 12.0 Å². The highest BCUT2D eigenvalue weighted by atomic mass is 16.5. The zero-order chi connectivity index (χ0) is 18.8. The first-order valence-corrected chi connectivity index (χ1v) is 9.33. The maximum absolute atomic E-state index is 9.73. The summed E-state index contributed by atoms with van der Waals surface area (Å²) in [6.07, 6.45) is 5.95. The van der Waals surface area contributed by atoms with Gasteiger partial charge in [0.2, 0.25) is 5.95 Å². The Morgan fingerprint density at radius 3 is 3.04 bits per heavy atom. The zero-order valence-electron chi connectivity index (χ0n) is 15.3. The van der Waals surface area contributed by atoms with E-state index in [0.717, 1.165) is 53.8 Å². The quantitative estimate of drug-likeness (QED) is 0.716. The van der Waals surface area contributed by atoms with E-state index in [2.05, 4.69) is 26.7 Å². The topological polar surface area (TPSA) is 103 Å². The number of aryl methyl sites for hydroxylation is 1. The fraction of sp³-hybridized carbons (Fsp3) is 0.421. The molecule has 1 aromatic heterocycles. The average molecular weight is 363 g/mol. The first kappa shape index (κ1) is 17.8. The van der Waals surface area contributed by atoms with Crippen LogP contribution in [0.2, 0.25) is 0 Å². The molecule has 0 bridgehead atoms. The molecule has 2 atom stereocenters. The fourth-order valence-corrected chi connectivity index (χ4v) is 3.72. The lowest BCUT2D eigenvalue weighted by atomic mass is 9.79. The third kappa shape index (κ3) is 3.75. The first-order chi connectivity index (χ1) is 13.1. The number of hydrogen-bond acceptors (Lipinski definition) is 7. The van der Waals surface area contributed by atoms with Crippen molar-refractivity contribution in [1.82, 2.24) is 9.97 Å². The van der Waals surface area contributed by atoms with E-state index in [1.54, 1.807) is 6.20 Å². The predicted octanol–water partition coefficient (Wildman–Crippen LogP) is 2.24. The van der Waals surface area contributed by atoms with E-state index in [1.807, 2.05) is 25.1 Å². The summed E-state index contributed by atoms with van der Waals surface area (Å²) in [5.74, 6) is 1.28. The van der Waals surface area contributed by atoms with E-state index in [9.17, 15) is 10.3 Å². The molecule has 3 N–H and O–H groups in total. The van der Waals surface area contributed by atoms with Gasteiger partial charge in [-0.15, -0.1) is 0 Å². The van der Waals surface area contributed by atoms with Crippen LogP contribution in [0.4, 0.5) is 17.5 Å². The number of rotatable bonds is 4. The Morgan fingerprint density at radius 2 is 2.19 bits per heavy atom. The van der Waals surface area contributed by atoms with Gasteiger partial charge in [0.25, 0.3) is 0 Å². The van der Waals surface area contributed by atoms with Crippen LogP contribution in [0.3, 0.4) is 0 Å². The summed E-state index contributed by atoms with van der Waals surface area (Å²) in [4.78, 5) is 8.98. The Bertz CT molecular complexity index is 885. The highest BCUT2D eigenvalue weighted by Crippen LogP contribution is 2.28. The second-order valence-electron chi connectivity index (χ2n) is 7.20. The number of fused-ring (bicyclic) bond motifs is 1. The molecule has 0 amide bonds.